The molecule has 0 spiro atoms. The van der Waals surface area contributed by atoms with Crippen LogP contribution in [0.3, 0.4) is 0 Å². The summed E-state index contributed by atoms with van der Waals surface area (Å²) in [6.07, 6.45) is 21.7. The monoisotopic (exact) mass is 592 g/mol. The number of hydrogen-bond donors (Lipinski definition) is 0. The molecule has 0 saturated heterocycles. The quantitative estimate of drug-likeness (QED) is 0.178. The Bertz CT molecular complexity index is 2200. The zero-order chi connectivity index (χ0) is 30.7. The molecule has 5 aliphatic rings. The van der Waals surface area contributed by atoms with Gasteiger partial charge in [0.15, 0.2) is 0 Å². The van der Waals surface area contributed by atoms with Gasteiger partial charge in [-0.05, 0) is 54.4 Å². The minimum absolute atomic E-state index is 0.129. The second-order valence-corrected chi connectivity index (χ2v) is 13.5. The first-order chi connectivity index (χ1) is 22.6. The van der Waals surface area contributed by atoms with Gasteiger partial charge in [-0.25, -0.2) is 0 Å². The number of aryl methyl sites for hydroxylation is 3. The number of rotatable bonds is 3. The predicted octanol–water partition coefficient (Wildman–Crippen LogP) is 6.32. The Labute approximate surface area is 269 Å². The molecule has 4 nitrogen and oxygen atoms in total. The molecule has 0 fully saturated rings. The fraction of sp³-hybridized carbons (Fsp3) is 0.171. The van der Waals surface area contributed by atoms with Crippen molar-refractivity contribution in [2.45, 2.75) is 44.9 Å². The molecule has 0 amide bonds. The number of benzene rings is 5. The van der Waals surface area contributed by atoms with Crippen LogP contribution in [-0.2, 0) is 0 Å². The average Bonchev–Trinajstić information content (AvgIpc) is 3.70. The van der Waals surface area contributed by atoms with Gasteiger partial charge in [-0.3, -0.25) is 9.98 Å². The smallest absolute Gasteiger partial charge is 0.243 e. The van der Waals surface area contributed by atoms with Crippen LogP contribution in [0.15, 0.2) is 119 Å². The molecule has 3 aliphatic heterocycles. The lowest BCUT2D eigenvalue weighted by atomic mass is 9.33. The van der Waals surface area contributed by atoms with Crippen molar-refractivity contribution >= 4 is 79.5 Å². The van der Waals surface area contributed by atoms with Crippen LogP contribution in [-0.4, -0.2) is 43.6 Å². The first-order valence-electron chi connectivity index (χ1n) is 16.4. The Morgan fingerprint density at radius 2 is 1.09 bits per heavy atom. The third-order valence-corrected chi connectivity index (χ3v) is 10.8. The first-order valence-corrected chi connectivity index (χ1v) is 16.4. The molecule has 46 heavy (non-hydrogen) atoms. The Balaban J connectivity index is 1.33. The van der Waals surface area contributed by atoms with E-state index in [2.05, 4.69) is 153 Å². The van der Waals surface area contributed by atoms with Crippen molar-refractivity contribution in [1.82, 2.24) is 0 Å². The molecule has 0 N–H and O–H groups in total. The number of fused-ring (bicyclic) bond motifs is 2. The Morgan fingerprint density at radius 1 is 0.587 bits per heavy atom. The summed E-state index contributed by atoms with van der Waals surface area (Å²) >= 11 is 0. The van der Waals surface area contributed by atoms with E-state index in [0.29, 0.717) is 0 Å². The molecule has 4 unspecified atom stereocenters. The van der Waals surface area contributed by atoms with E-state index < -0.39 is 0 Å². The van der Waals surface area contributed by atoms with Gasteiger partial charge in [0.05, 0.1) is 48.2 Å². The van der Waals surface area contributed by atoms with Crippen molar-refractivity contribution in [1.29, 1.82) is 0 Å². The van der Waals surface area contributed by atoms with Crippen LogP contribution in [0.5, 0.6) is 0 Å². The summed E-state index contributed by atoms with van der Waals surface area (Å²) in [6.45, 7) is 6.92. The van der Waals surface area contributed by atoms with E-state index in [4.69, 9.17) is 9.98 Å². The van der Waals surface area contributed by atoms with Crippen LogP contribution < -0.4 is 26.2 Å². The van der Waals surface area contributed by atoms with E-state index >= 15 is 0 Å². The SMILES string of the molecule is Cc1cc(C)c(B2c3cccc4c(N5C=NC6C=CC=CC65)cc5cc(N6C=NC7C=CC=CC76)c6cccc2c6c5c34)c(C)c1. The van der Waals surface area contributed by atoms with Gasteiger partial charge >= 0.3 is 0 Å². The van der Waals surface area contributed by atoms with Gasteiger partial charge in [0.1, 0.15) is 0 Å². The molecule has 5 aromatic rings. The molecule has 220 valence electrons. The molecule has 4 atom stereocenters. The molecule has 5 aromatic carbocycles. The van der Waals surface area contributed by atoms with Crippen LogP contribution in [0.25, 0.3) is 32.3 Å². The molecule has 0 bridgehead atoms. The lowest BCUT2D eigenvalue weighted by molar-refractivity contribution is 0.741. The highest BCUT2D eigenvalue weighted by molar-refractivity contribution is 7.00. The lowest BCUT2D eigenvalue weighted by Crippen LogP contribution is -2.55. The van der Waals surface area contributed by atoms with Gasteiger partial charge in [-0.1, -0.05) is 130 Å². The number of aliphatic imine (C=N–C) groups is 2. The van der Waals surface area contributed by atoms with E-state index in [-0.39, 0.29) is 30.9 Å². The summed E-state index contributed by atoms with van der Waals surface area (Å²) in [5, 5.41) is 7.95. The van der Waals surface area contributed by atoms with Crippen LogP contribution in [0.2, 0.25) is 0 Å². The fourth-order valence-corrected chi connectivity index (χ4v) is 9.06. The van der Waals surface area contributed by atoms with Crippen LogP contribution in [0.1, 0.15) is 16.7 Å². The maximum absolute atomic E-state index is 4.93. The Morgan fingerprint density at radius 3 is 1.61 bits per heavy atom. The maximum atomic E-state index is 4.93. The Hall–Kier alpha value is -5.16. The van der Waals surface area contributed by atoms with Crippen molar-refractivity contribution in [2.24, 2.45) is 9.98 Å². The van der Waals surface area contributed by atoms with E-state index in [0.717, 1.165) is 0 Å². The molecule has 5 heteroatoms. The van der Waals surface area contributed by atoms with Crippen molar-refractivity contribution in [3.8, 4) is 0 Å². The third-order valence-electron chi connectivity index (χ3n) is 10.8. The van der Waals surface area contributed by atoms with Gasteiger partial charge in [0, 0.05) is 10.8 Å². The molecule has 2 aliphatic carbocycles. The third kappa shape index (κ3) is 3.46. The summed E-state index contributed by atoms with van der Waals surface area (Å²) in [5.41, 5.74) is 10.7. The van der Waals surface area contributed by atoms with Crippen molar-refractivity contribution in [2.75, 3.05) is 9.80 Å². The van der Waals surface area contributed by atoms with E-state index in [1.165, 1.54) is 76.8 Å². The summed E-state index contributed by atoms with van der Waals surface area (Å²) in [7, 11) is 0. The van der Waals surface area contributed by atoms with Gasteiger partial charge in [0.25, 0.3) is 0 Å². The number of allylic oxidation sites excluding steroid dienone is 4. The minimum Gasteiger partial charge on any atom is -0.323 e. The molecule has 10 rings (SSSR count). The highest BCUT2D eigenvalue weighted by Crippen LogP contribution is 2.44. The maximum Gasteiger partial charge on any atom is 0.243 e. The zero-order valence-corrected chi connectivity index (χ0v) is 26.2. The second kappa shape index (κ2) is 9.43. The summed E-state index contributed by atoms with van der Waals surface area (Å²) in [6, 6.07) is 24.1. The predicted molar refractivity (Wildman–Crippen MR) is 198 cm³/mol. The largest absolute Gasteiger partial charge is 0.323 e. The van der Waals surface area contributed by atoms with Crippen molar-refractivity contribution in [3.63, 3.8) is 0 Å². The van der Waals surface area contributed by atoms with E-state index in [9.17, 15) is 0 Å². The standard InChI is InChI=1S/C41H33BN4/c1-24-18-25(2)41(26(3)19-24)42-30-12-8-10-28-36(45-22-43-32-14-4-6-16-34(32)45)20-27-21-37(46-23-44-33-15-5-7-17-35(33)46)29-11-9-13-31(42)40(29)38(27)39(28)30/h4-23,32-35H,1-3H3. The molecule has 0 radical (unpaired) electrons. The van der Waals surface area contributed by atoms with E-state index in [1.54, 1.807) is 0 Å². The lowest BCUT2D eigenvalue weighted by Gasteiger charge is -2.33. The first kappa shape index (κ1) is 26.1. The highest BCUT2D eigenvalue weighted by Gasteiger charge is 2.37. The van der Waals surface area contributed by atoms with Crippen LogP contribution >= 0.6 is 0 Å². The summed E-state index contributed by atoms with van der Waals surface area (Å²) < 4.78 is 0. The van der Waals surface area contributed by atoms with Crippen LogP contribution in [0.4, 0.5) is 11.4 Å². The molecule has 0 saturated carbocycles. The van der Waals surface area contributed by atoms with Crippen molar-refractivity contribution in [3.05, 3.63) is 126 Å². The zero-order valence-electron chi connectivity index (χ0n) is 26.2. The molecular weight excluding hydrogens is 559 g/mol. The fourth-order valence-electron chi connectivity index (χ4n) is 9.06. The highest BCUT2D eigenvalue weighted by atomic mass is 15.3. The molecule has 0 aromatic heterocycles. The minimum atomic E-state index is 0.129. The second-order valence-electron chi connectivity index (χ2n) is 13.5. The number of anilines is 2. The number of hydrogen-bond acceptors (Lipinski definition) is 4. The average molecular weight is 593 g/mol. The normalized spacial score (nSPS) is 23.3. The molecular formula is C41H33BN4. The summed E-state index contributed by atoms with van der Waals surface area (Å²) in [4.78, 5) is 14.7. The topological polar surface area (TPSA) is 31.2 Å². The van der Waals surface area contributed by atoms with Gasteiger partial charge in [-0.2, -0.15) is 0 Å². The number of nitrogens with zero attached hydrogens (tertiary/aromatic N) is 4. The van der Waals surface area contributed by atoms with Gasteiger partial charge in [-0.15, -0.1) is 0 Å². The van der Waals surface area contributed by atoms with Gasteiger partial charge < -0.3 is 9.80 Å². The van der Waals surface area contributed by atoms with Crippen LogP contribution in [0, 0.1) is 20.8 Å². The summed E-state index contributed by atoms with van der Waals surface area (Å²) in [5.74, 6) is 0. The van der Waals surface area contributed by atoms with Crippen molar-refractivity contribution < 1.29 is 0 Å². The van der Waals surface area contributed by atoms with Gasteiger partial charge in [0.2, 0.25) is 6.71 Å². The van der Waals surface area contributed by atoms with E-state index in [1.807, 2.05) is 0 Å². The Kier molecular flexibility index (Phi) is 5.35. The molecule has 3 heterocycles.